The van der Waals surface area contributed by atoms with Gasteiger partial charge in [0.1, 0.15) is 12.0 Å². The number of anilines is 1. The van der Waals surface area contributed by atoms with E-state index in [9.17, 15) is 13.6 Å². The average molecular weight is 434 g/mol. The molecule has 156 valence electrons. The molecule has 30 heavy (non-hydrogen) atoms. The average Bonchev–Trinajstić information content (AvgIpc) is 3.23. The lowest BCUT2D eigenvalue weighted by atomic mass is 10.1. The number of carbonyl (C=O) groups excluding carboxylic acids is 1. The predicted octanol–water partition coefficient (Wildman–Crippen LogP) is 4.45. The number of benzene rings is 2. The van der Waals surface area contributed by atoms with E-state index < -0.39 is 17.7 Å². The van der Waals surface area contributed by atoms with Crippen LogP contribution in [0.5, 0.6) is 17.6 Å². The van der Waals surface area contributed by atoms with Gasteiger partial charge in [-0.2, -0.15) is 4.98 Å². The van der Waals surface area contributed by atoms with Crippen molar-refractivity contribution in [2.24, 2.45) is 0 Å². The molecule has 1 aliphatic heterocycles. The molecule has 0 saturated carbocycles. The summed E-state index contributed by atoms with van der Waals surface area (Å²) in [5.74, 6) is -1.20. The van der Waals surface area contributed by atoms with Crippen LogP contribution in [0.2, 0.25) is 0 Å². The van der Waals surface area contributed by atoms with E-state index in [0.29, 0.717) is 11.1 Å². The van der Waals surface area contributed by atoms with E-state index in [1.54, 1.807) is 25.2 Å². The van der Waals surface area contributed by atoms with Crippen LogP contribution in [0, 0.1) is 11.6 Å². The number of ether oxygens (including phenoxy) is 2. The van der Waals surface area contributed by atoms with Crippen molar-refractivity contribution in [1.82, 2.24) is 14.6 Å². The minimum Gasteiger partial charge on any atom is -0.417 e. The molecule has 8 nitrogen and oxygen atoms in total. The van der Waals surface area contributed by atoms with Crippen LogP contribution in [0.3, 0.4) is 0 Å². The first-order chi connectivity index (χ1) is 14.5. The molecule has 0 aliphatic carbocycles. The molecule has 0 bridgehead atoms. The highest BCUT2D eigenvalue weighted by atomic mass is 32.2. The van der Waals surface area contributed by atoms with Crippen LogP contribution < -0.4 is 18.9 Å². The van der Waals surface area contributed by atoms with Crippen LogP contribution >= 0.6 is 12.1 Å². The highest BCUT2D eigenvalue weighted by Crippen LogP contribution is 2.35. The SMILES string of the molecule is CNSNc1cccc(CN2Cc3cc(F)c(Oc4ncco4)cc3OC2=O)c1F. The lowest BCUT2D eigenvalue weighted by Crippen LogP contribution is -2.36. The van der Waals surface area contributed by atoms with Crippen molar-refractivity contribution in [1.29, 1.82) is 0 Å². The highest BCUT2D eigenvalue weighted by Gasteiger charge is 2.28. The first kappa shape index (κ1) is 20.0. The molecule has 0 radical (unpaired) electrons. The van der Waals surface area contributed by atoms with E-state index in [4.69, 9.17) is 13.9 Å². The van der Waals surface area contributed by atoms with Gasteiger partial charge in [0, 0.05) is 29.3 Å². The van der Waals surface area contributed by atoms with Gasteiger partial charge in [-0.3, -0.25) is 4.90 Å². The number of hydrogen-bond donors (Lipinski definition) is 2. The summed E-state index contributed by atoms with van der Waals surface area (Å²) < 4.78 is 50.2. The van der Waals surface area contributed by atoms with Crippen LogP contribution in [0.1, 0.15) is 11.1 Å². The molecule has 1 aromatic heterocycles. The molecule has 2 N–H and O–H groups in total. The zero-order valence-corrected chi connectivity index (χ0v) is 16.5. The molecular formula is C19H16F2N4O4S. The van der Waals surface area contributed by atoms with Crippen molar-refractivity contribution in [3.05, 3.63) is 65.6 Å². The number of carbonyl (C=O) groups is 1. The van der Waals surface area contributed by atoms with Crippen molar-refractivity contribution >= 4 is 23.9 Å². The third-order valence-electron chi connectivity index (χ3n) is 4.24. The summed E-state index contributed by atoms with van der Waals surface area (Å²) in [6, 6.07) is 7.28. The summed E-state index contributed by atoms with van der Waals surface area (Å²) in [6.45, 7) is 0.00671. The summed E-state index contributed by atoms with van der Waals surface area (Å²) in [4.78, 5) is 17.5. The van der Waals surface area contributed by atoms with Crippen LogP contribution in [-0.4, -0.2) is 23.0 Å². The highest BCUT2D eigenvalue weighted by molar-refractivity contribution is 7.98. The van der Waals surface area contributed by atoms with Gasteiger partial charge >= 0.3 is 12.2 Å². The smallest absolute Gasteiger partial charge is 0.415 e. The molecule has 0 spiro atoms. The van der Waals surface area contributed by atoms with Gasteiger partial charge in [0.05, 0.1) is 25.0 Å². The van der Waals surface area contributed by atoms with Crippen LogP contribution in [-0.2, 0) is 13.1 Å². The fourth-order valence-corrected chi connectivity index (χ4v) is 3.24. The molecule has 1 aliphatic rings. The largest absolute Gasteiger partial charge is 0.417 e. The molecule has 1 amide bonds. The Morgan fingerprint density at radius 3 is 2.97 bits per heavy atom. The maximum atomic E-state index is 14.7. The second-order valence-electron chi connectivity index (χ2n) is 6.20. The molecule has 11 heteroatoms. The molecule has 0 unspecified atom stereocenters. The molecule has 2 heterocycles. The van der Waals surface area contributed by atoms with E-state index in [1.807, 2.05) is 0 Å². The van der Waals surface area contributed by atoms with Gasteiger partial charge in [-0.05, 0) is 19.2 Å². The lowest BCUT2D eigenvalue weighted by Gasteiger charge is -2.28. The number of nitrogens with one attached hydrogen (secondary N) is 2. The Kier molecular flexibility index (Phi) is 5.72. The fraction of sp³-hybridized carbons (Fsp3) is 0.158. The second-order valence-corrected chi connectivity index (χ2v) is 7.02. The topological polar surface area (TPSA) is 88.9 Å². The van der Waals surface area contributed by atoms with Crippen LogP contribution in [0.15, 0.2) is 47.2 Å². The Hall–Kier alpha value is -3.31. The summed E-state index contributed by atoms with van der Waals surface area (Å²) in [6.07, 6.45) is 1.81. The van der Waals surface area contributed by atoms with Crippen molar-refractivity contribution in [2.45, 2.75) is 13.1 Å². The molecular weight excluding hydrogens is 418 g/mol. The maximum absolute atomic E-state index is 14.7. The fourth-order valence-electron chi connectivity index (χ4n) is 2.87. The third kappa shape index (κ3) is 4.16. The number of aromatic nitrogens is 1. The standard InChI is InChI=1S/C19H16F2N4O4S/c1-22-30-24-14-4-2-3-11(17(14)21)9-25-10-12-7-13(20)16(8-15(12)29-19(25)26)28-18-23-5-6-27-18/h2-8,22,24H,9-10H2,1H3. The van der Waals surface area contributed by atoms with E-state index in [-0.39, 0.29) is 36.4 Å². The van der Waals surface area contributed by atoms with Gasteiger partial charge in [0.15, 0.2) is 17.4 Å². The Labute approximate surface area is 174 Å². The predicted molar refractivity (Wildman–Crippen MR) is 105 cm³/mol. The van der Waals surface area contributed by atoms with E-state index in [2.05, 4.69) is 14.4 Å². The quantitative estimate of drug-likeness (QED) is 0.527. The summed E-state index contributed by atoms with van der Waals surface area (Å²) in [5.41, 5.74) is 0.991. The van der Waals surface area contributed by atoms with Gasteiger partial charge in [-0.1, -0.05) is 12.1 Å². The maximum Gasteiger partial charge on any atom is 0.415 e. The molecule has 3 aromatic rings. The minimum atomic E-state index is -0.682. The summed E-state index contributed by atoms with van der Waals surface area (Å²) >= 11 is 1.12. The lowest BCUT2D eigenvalue weighted by molar-refractivity contribution is 0.134. The Balaban J connectivity index is 1.53. The third-order valence-corrected chi connectivity index (χ3v) is 4.77. The number of hydrogen-bond acceptors (Lipinski definition) is 8. The van der Waals surface area contributed by atoms with Crippen LogP contribution in [0.4, 0.5) is 19.3 Å². The molecule has 0 atom stereocenters. The van der Waals surface area contributed by atoms with E-state index in [0.717, 1.165) is 12.1 Å². The second kappa shape index (κ2) is 8.59. The zero-order chi connectivity index (χ0) is 21.1. The number of halogens is 2. The van der Waals surface area contributed by atoms with Crippen molar-refractivity contribution in [3.8, 4) is 17.6 Å². The van der Waals surface area contributed by atoms with Crippen molar-refractivity contribution < 1.29 is 27.5 Å². The summed E-state index contributed by atoms with van der Waals surface area (Å²) in [7, 11) is 1.70. The normalized spacial score (nSPS) is 13.0. The van der Waals surface area contributed by atoms with Gasteiger partial charge in [-0.25, -0.2) is 18.3 Å². The molecule has 2 aromatic carbocycles. The van der Waals surface area contributed by atoms with Crippen molar-refractivity contribution in [3.63, 3.8) is 0 Å². The first-order valence-corrected chi connectivity index (χ1v) is 9.59. The number of nitrogens with zero attached hydrogens (tertiary/aromatic N) is 2. The van der Waals surface area contributed by atoms with Gasteiger partial charge in [0.25, 0.3) is 0 Å². The Morgan fingerprint density at radius 2 is 2.20 bits per heavy atom. The van der Waals surface area contributed by atoms with Gasteiger partial charge < -0.3 is 18.6 Å². The van der Waals surface area contributed by atoms with Crippen LogP contribution in [0.25, 0.3) is 0 Å². The monoisotopic (exact) mass is 434 g/mol. The van der Waals surface area contributed by atoms with Crippen molar-refractivity contribution in [2.75, 3.05) is 11.8 Å². The number of oxazole rings is 1. The number of rotatable bonds is 7. The van der Waals surface area contributed by atoms with Gasteiger partial charge in [-0.15, -0.1) is 0 Å². The summed E-state index contributed by atoms with van der Waals surface area (Å²) in [5, 5.41) is 0. The molecule has 4 rings (SSSR count). The number of fused-ring (bicyclic) bond motifs is 1. The van der Waals surface area contributed by atoms with Gasteiger partial charge in [0.2, 0.25) is 0 Å². The first-order valence-electron chi connectivity index (χ1n) is 8.77. The van der Waals surface area contributed by atoms with E-state index >= 15 is 0 Å². The number of amides is 1. The zero-order valence-electron chi connectivity index (χ0n) is 15.6. The Bertz CT molecular complexity index is 1060. The minimum absolute atomic E-state index is 0.0416. The molecule has 0 fully saturated rings. The molecule has 0 saturated heterocycles. The Morgan fingerprint density at radius 1 is 1.33 bits per heavy atom. The van der Waals surface area contributed by atoms with E-state index in [1.165, 1.54) is 29.5 Å².